The molecule has 0 unspecified atom stereocenters. The van der Waals surface area contributed by atoms with Crippen molar-refractivity contribution in [1.82, 2.24) is 9.80 Å². The zero-order valence-electron chi connectivity index (χ0n) is 25.0. The van der Waals surface area contributed by atoms with E-state index in [2.05, 4.69) is 0 Å². The van der Waals surface area contributed by atoms with Crippen LogP contribution in [0.25, 0.3) is 12.2 Å². The molecule has 8 nitrogen and oxygen atoms in total. The number of rotatable bonds is 5. The van der Waals surface area contributed by atoms with Gasteiger partial charge in [-0.3, -0.25) is 9.59 Å². The summed E-state index contributed by atoms with van der Waals surface area (Å²) in [6, 6.07) is 9.61. The summed E-state index contributed by atoms with van der Waals surface area (Å²) >= 11 is 11.9. The molecule has 10 heteroatoms. The van der Waals surface area contributed by atoms with Crippen molar-refractivity contribution in [2.24, 2.45) is 0 Å². The first-order chi connectivity index (χ1) is 20.4. The zero-order chi connectivity index (χ0) is 31.4. The Morgan fingerprint density at radius 3 is 1.72 bits per heavy atom. The van der Waals surface area contributed by atoms with E-state index in [1.807, 2.05) is 9.80 Å². The van der Waals surface area contributed by atoms with Crippen LogP contribution in [0.15, 0.2) is 48.6 Å². The van der Waals surface area contributed by atoms with Gasteiger partial charge in [0.05, 0.1) is 0 Å². The van der Waals surface area contributed by atoms with E-state index in [9.17, 15) is 19.5 Å². The SMILES string of the molecule is CC(C)(C)OC(=O)Oc1ccc(Cl)cc1/C=C/C(=O)N1CCCCC1.O=C(/C=C/c1cc(Cl)ccc1O)N1CCCCC1. The maximum absolute atomic E-state index is 12.3. The molecule has 43 heavy (non-hydrogen) atoms. The highest BCUT2D eigenvalue weighted by Crippen LogP contribution is 2.26. The number of carbonyl (C=O) groups excluding carboxylic acids is 3. The van der Waals surface area contributed by atoms with Crippen molar-refractivity contribution in [3.63, 3.8) is 0 Å². The van der Waals surface area contributed by atoms with Crippen molar-refractivity contribution in [1.29, 1.82) is 0 Å². The van der Waals surface area contributed by atoms with Gasteiger partial charge >= 0.3 is 6.16 Å². The van der Waals surface area contributed by atoms with Crippen LogP contribution >= 0.6 is 23.2 Å². The van der Waals surface area contributed by atoms with Crippen molar-refractivity contribution in [2.75, 3.05) is 26.2 Å². The van der Waals surface area contributed by atoms with Gasteiger partial charge in [0.15, 0.2) is 0 Å². The quantitative estimate of drug-likeness (QED) is 0.206. The average Bonchev–Trinajstić information content (AvgIpc) is 2.97. The number of aromatic hydroxyl groups is 1. The van der Waals surface area contributed by atoms with Gasteiger partial charge in [0, 0.05) is 59.5 Å². The summed E-state index contributed by atoms with van der Waals surface area (Å²) in [5.41, 5.74) is 0.459. The van der Waals surface area contributed by atoms with Crippen LogP contribution in [0.4, 0.5) is 4.79 Å². The van der Waals surface area contributed by atoms with Gasteiger partial charge < -0.3 is 24.4 Å². The van der Waals surface area contributed by atoms with Crippen LogP contribution in [0.2, 0.25) is 10.0 Å². The van der Waals surface area contributed by atoms with Crippen LogP contribution < -0.4 is 4.74 Å². The first-order valence-electron chi connectivity index (χ1n) is 14.5. The Balaban J connectivity index is 0.000000248. The van der Waals surface area contributed by atoms with E-state index in [0.29, 0.717) is 26.9 Å². The fourth-order valence-electron chi connectivity index (χ4n) is 4.52. The second-order valence-corrected chi connectivity index (χ2v) is 12.3. The lowest BCUT2D eigenvalue weighted by Crippen LogP contribution is -2.34. The number of halogens is 2. The summed E-state index contributed by atoms with van der Waals surface area (Å²) in [6.45, 7) is 8.48. The van der Waals surface area contributed by atoms with Gasteiger partial charge in [-0.2, -0.15) is 0 Å². The largest absolute Gasteiger partial charge is 0.514 e. The van der Waals surface area contributed by atoms with E-state index in [-0.39, 0.29) is 17.6 Å². The summed E-state index contributed by atoms with van der Waals surface area (Å²) in [7, 11) is 0. The Hall–Kier alpha value is -3.49. The van der Waals surface area contributed by atoms with Gasteiger partial charge in [0.2, 0.25) is 11.8 Å². The number of carbonyl (C=O) groups is 3. The lowest BCUT2D eigenvalue weighted by molar-refractivity contribution is -0.127. The number of hydrogen-bond donors (Lipinski definition) is 1. The number of hydrogen-bond acceptors (Lipinski definition) is 6. The van der Waals surface area contributed by atoms with Gasteiger partial charge in [0.25, 0.3) is 0 Å². The Bertz CT molecular complexity index is 1320. The van der Waals surface area contributed by atoms with E-state index >= 15 is 0 Å². The third kappa shape index (κ3) is 12.0. The van der Waals surface area contributed by atoms with Crippen LogP contribution in [0.5, 0.6) is 11.5 Å². The fraction of sp³-hybridized carbons (Fsp3) is 0.424. The molecule has 0 radical (unpaired) electrons. The molecule has 0 spiro atoms. The Labute approximate surface area is 263 Å². The monoisotopic (exact) mass is 630 g/mol. The van der Waals surface area contributed by atoms with E-state index < -0.39 is 11.8 Å². The minimum Gasteiger partial charge on any atom is -0.507 e. The minimum atomic E-state index is -0.799. The normalized spacial score (nSPS) is 15.7. The molecule has 2 aromatic carbocycles. The van der Waals surface area contributed by atoms with Crippen molar-refractivity contribution in [3.05, 3.63) is 69.7 Å². The number of phenolic OH excluding ortho intramolecular Hbond substituents is 1. The van der Waals surface area contributed by atoms with Crippen molar-refractivity contribution < 1.29 is 29.0 Å². The van der Waals surface area contributed by atoms with Crippen LogP contribution in [0, 0.1) is 0 Å². The average molecular weight is 632 g/mol. The Morgan fingerprint density at radius 2 is 1.21 bits per heavy atom. The highest BCUT2D eigenvalue weighted by atomic mass is 35.5. The molecule has 2 aliphatic heterocycles. The second-order valence-electron chi connectivity index (χ2n) is 11.4. The number of amides is 2. The van der Waals surface area contributed by atoms with Gasteiger partial charge in [-0.15, -0.1) is 0 Å². The molecule has 0 aliphatic carbocycles. The van der Waals surface area contributed by atoms with Crippen LogP contribution in [0.1, 0.15) is 70.4 Å². The molecule has 0 saturated carbocycles. The molecule has 2 aromatic rings. The lowest BCUT2D eigenvalue weighted by atomic mass is 10.1. The third-order valence-electron chi connectivity index (χ3n) is 6.69. The van der Waals surface area contributed by atoms with Gasteiger partial charge in [-0.1, -0.05) is 23.2 Å². The summed E-state index contributed by atoms with van der Waals surface area (Å²) in [5, 5.41) is 10.7. The minimum absolute atomic E-state index is 0.00549. The predicted molar refractivity (Wildman–Crippen MR) is 170 cm³/mol. The predicted octanol–water partition coefficient (Wildman–Crippen LogP) is 7.75. The van der Waals surface area contributed by atoms with E-state index in [1.54, 1.807) is 63.3 Å². The van der Waals surface area contributed by atoms with E-state index in [4.69, 9.17) is 32.7 Å². The fourth-order valence-corrected chi connectivity index (χ4v) is 4.88. The lowest BCUT2D eigenvalue weighted by Gasteiger charge is -2.25. The van der Waals surface area contributed by atoms with Crippen molar-refractivity contribution in [3.8, 4) is 11.5 Å². The second kappa shape index (κ2) is 16.4. The number of benzene rings is 2. The molecule has 0 aromatic heterocycles. The van der Waals surface area contributed by atoms with Gasteiger partial charge in [0.1, 0.15) is 17.1 Å². The first-order valence-corrected chi connectivity index (χ1v) is 15.3. The van der Waals surface area contributed by atoms with Crippen molar-refractivity contribution in [2.45, 2.75) is 64.9 Å². The van der Waals surface area contributed by atoms with Crippen LogP contribution in [-0.2, 0) is 14.3 Å². The molecule has 2 fully saturated rings. The number of piperidine rings is 2. The number of nitrogens with zero attached hydrogens (tertiary/aromatic N) is 2. The maximum atomic E-state index is 12.3. The number of likely N-dealkylation sites (tertiary alicyclic amines) is 2. The molecule has 1 N–H and O–H groups in total. The molecule has 0 bridgehead atoms. The summed E-state index contributed by atoms with van der Waals surface area (Å²) in [5.74, 6) is 0.361. The zero-order valence-corrected chi connectivity index (χ0v) is 26.5. The van der Waals surface area contributed by atoms with Gasteiger partial charge in [-0.25, -0.2) is 4.79 Å². The van der Waals surface area contributed by atoms with E-state index in [0.717, 1.165) is 58.3 Å². The maximum Gasteiger partial charge on any atom is 0.514 e. The summed E-state index contributed by atoms with van der Waals surface area (Å²) in [6.07, 6.45) is 12.0. The molecular weight excluding hydrogens is 591 g/mol. The molecule has 232 valence electrons. The van der Waals surface area contributed by atoms with Crippen molar-refractivity contribution >= 4 is 53.3 Å². The highest BCUT2D eigenvalue weighted by Gasteiger charge is 2.20. The molecule has 2 heterocycles. The van der Waals surface area contributed by atoms with Gasteiger partial charge in [-0.05, 0) is 108 Å². The highest BCUT2D eigenvalue weighted by molar-refractivity contribution is 6.31. The Kier molecular flexibility index (Phi) is 13.0. The number of ether oxygens (including phenoxy) is 2. The summed E-state index contributed by atoms with van der Waals surface area (Å²) < 4.78 is 10.4. The molecule has 2 amide bonds. The van der Waals surface area contributed by atoms with Crippen LogP contribution in [-0.4, -0.2) is 64.7 Å². The molecule has 2 saturated heterocycles. The van der Waals surface area contributed by atoms with Crippen LogP contribution in [0.3, 0.4) is 0 Å². The molecule has 2 aliphatic rings. The third-order valence-corrected chi connectivity index (χ3v) is 7.16. The molecular formula is C33H40Cl2N2O6. The topological polar surface area (TPSA) is 96.4 Å². The molecule has 0 atom stereocenters. The standard InChI is InChI=1S/C19H24ClNO4.C14H16ClNO2/c1-19(2,3)25-18(23)24-16-9-8-15(20)13-14(16)7-10-17(22)21-11-5-4-6-12-21;15-12-5-6-13(17)11(10-12)4-7-14(18)16-8-2-1-3-9-16/h7-10,13H,4-6,11-12H2,1-3H3;4-7,10,17H,1-3,8-9H2/b10-7+;7-4+. The smallest absolute Gasteiger partial charge is 0.507 e. The Morgan fingerprint density at radius 1 is 0.744 bits per heavy atom. The number of phenols is 1. The van der Waals surface area contributed by atoms with E-state index in [1.165, 1.54) is 24.6 Å². The summed E-state index contributed by atoms with van der Waals surface area (Å²) in [4.78, 5) is 39.7. The first kappa shape index (κ1) is 34.0. The molecule has 4 rings (SSSR count).